The highest BCUT2D eigenvalue weighted by molar-refractivity contribution is 5.74. The van der Waals surface area contributed by atoms with E-state index in [0.29, 0.717) is 12.5 Å². The van der Waals surface area contributed by atoms with Gasteiger partial charge in [-0.1, -0.05) is 49.4 Å². The van der Waals surface area contributed by atoms with E-state index >= 15 is 0 Å². The van der Waals surface area contributed by atoms with E-state index in [2.05, 4.69) is 13.0 Å². The molecule has 2 heteroatoms. The van der Waals surface area contributed by atoms with E-state index in [1.54, 1.807) is 0 Å². The van der Waals surface area contributed by atoms with Crippen molar-refractivity contribution in [3.63, 3.8) is 0 Å². The second-order valence-corrected chi connectivity index (χ2v) is 4.70. The molecule has 17 heavy (non-hydrogen) atoms. The van der Waals surface area contributed by atoms with E-state index in [9.17, 15) is 4.79 Å². The van der Waals surface area contributed by atoms with Gasteiger partial charge in [0.25, 0.3) is 0 Å². The van der Waals surface area contributed by atoms with Crippen LogP contribution in [0.3, 0.4) is 0 Å². The summed E-state index contributed by atoms with van der Waals surface area (Å²) in [5, 5.41) is 0. The lowest BCUT2D eigenvalue weighted by molar-refractivity contribution is -0.148. The molecule has 0 radical (unpaired) electrons. The number of esters is 1. The highest BCUT2D eigenvalue weighted by Crippen LogP contribution is 2.24. The largest absolute Gasteiger partial charge is 0.460 e. The van der Waals surface area contributed by atoms with Crippen LogP contribution in [0.15, 0.2) is 42.5 Å². The number of ether oxygens (including phenoxy) is 1. The van der Waals surface area contributed by atoms with Gasteiger partial charge in [-0.25, -0.2) is 0 Å². The van der Waals surface area contributed by atoms with Crippen molar-refractivity contribution in [3.05, 3.63) is 48.0 Å². The molecule has 0 amide bonds. The maximum atomic E-state index is 11.8. The normalized spacial score (nSPS) is 23.4. The number of benzene rings is 1. The van der Waals surface area contributed by atoms with Crippen LogP contribution in [0.1, 0.15) is 25.3 Å². The molecule has 0 bridgehead atoms. The molecule has 0 saturated carbocycles. The molecular weight excluding hydrogens is 212 g/mol. The summed E-state index contributed by atoms with van der Waals surface area (Å²) in [4.78, 5) is 11.8. The molecule has 1 aromatic carbocycles. The summed E-state index contributed by atoms with van der Waals surface area (Å²) >= 11 is 0. The maximum Gasteiger partial charge on any atom is 0.313 e. The Morgan fingerprint density at radius 1 is 1.35 bits per heavy atom. The number of hydrogen-bond donors (Lipinski definition) is 0. The van der Waals surface area contributed by atoms with Crippen molar-refractivity contribution in [1.29, 1.82) is 0 Å². The standard InChI is InChI=1S/C15H18O2/c1-12-6-5-9-14(10-12)15(16)17-11-13-7-3-2-4-8-13/h2-5,7-9,12,14H,6,10-11H2,1H3. The van der Waals surface area contributed by atoms with Crippen molar-refractivity contribution in [2.45, 2.75) is 26.4 Å². The minimum Gasteiger partial charge on any atom is -0.460 e. The molecule has 90 valence electrons. The smallest absolute Gasteiger partial charge is 0.313 e. The average Bonchev–Trinajstić information content (AvgIpc) is 2.37. The molecule has 1 aliphatic rings. The van der Waals surface area contributed by atoms with Crippen molar-refractivity contribution in [2.24, 2.45) is 11.8 Å². The first-order chi connectivity index (χ1) is 8.25. The summed E-state index contributed by atoms with van der Waals surface area (Å²) in [6, 6.07) is 9.79. The van der Waals surface area contributed by atoms with Gasteiger partial charge in [-0.2, -0.15) is 0 Å². The van der Waals surface area contributed by atoms with Crippen LogP contribution in [0, 0.1) is 11.8 Å². The lowest BCUT2D eigenvalue weighted by atomic mass is 9.88. The van der Waals surface area contributed by atoms with Crippen LogP contribution in [0.5, 0.6) is 0 Å². The van der Waals surface area contributed by atoms with Gasteiger partial charge in [-0.15, -0.1) is 0 Å². The van der Waals surface area contributed by atoms with Gasteiger partial charge in [0.15, 0.2) is 0 Å². The first-order valence-corrected chi connectivity index (χ1v) is 6.13. The van der Waals surface area contributed by atoms with E-state index in [1.165, 1.54) is 0 Å². The van der Waals surface area contributed by atoms with Gasteiger partial charge in [0.1, 0.15) is 6.61 Å². The van der Waals surface area contributed by atoms with Crippen molar-refractivity contribution < 1.29 is 9.53 Å². The van der Waals surface area contributed by atoms with Gasteiger partial charge in [0.05, 0.1) is 5.92 Å². The Morgan fingerprint density at radius 3 is 2.82 bits per heavy atom. The summed E-state index contributed by atoms with van der Waals surface area (Å²) < 4.78 is 5.33. The molecule has 0 aromatic heterocycles. The molecule has 1 aromatic rings. The highest BCUT2D eigenvalue weighted by atomic mass is 16.5. The Bertz CT molecular complexity index is 395. The predicted molar refractivity (Wildman–Crippen MR) is 67.3 cm³/mol. The quantitative estimate of drug-likeness (QED) is 0.588. The van der Waals surface area contributed by atoms with Crippen LogP contribution < -0.4 is 0 Å². The summed E-state index contributed by atoms with van der Waals surface area (Å²) in [6.45, 7) is 2.54. The van der Waals surface area contributed by atoms with Crippen molar-refractivity contribution in [3.8, 4) is 0 Å². The van der Waals surface area contributed by atoms with Crippen molar-refractivity contribution in [2.75, 3.05) is 0 Å². The fraction of sp³-hybridized carbons (Fsp3) is 0.400. The SMILES string of the molecule is CC1CC=CC(C(=O)OCc2ccccc2)C1. The third kappa shape index (κ3) is 3.45. The molecule has 2 unspecified atom stereocenters. The number of carbonyl (C=O) groups excluding carboxylic acids is 1. The molecule has 0 saturated heterocycles. The third-order valence-corrected chi connectivity index (χ3v) is 3.09. The monoisotopic (exact) mass is 230 g/mol. The van der Waals surface area contributed by atoms with E-state index in [1.807, 2.05) is 36.4 Å². The second kappa shape index (κ2) is 5.67. The zero-order valence-corrected chi connectivity index (χ0v) is 10.1. The average molecular weight is 230 g/mol. The zero-order chi connectivity index (χ0) is 12.1. The Balaban J connectivity index is 1.85. The Labute approximate surface area is 102 Å². The number of rotatable bonds is 3. The summed E-state index contributed by atoms with van der Waals surface area (Å²) in [5.41, 5.74) is 1.04. The highest BCUT2D eigenvalue weighted by Gasteiger charge is 2.22. The molecule has 0 aliphatic heterocycles. The molecule has 0 fully saturated rings. The molecule has 2 atom stereocenters. The van der Waals surface area contributed by atoms with Gasteiger partial charge in [-0.3, -0.25) is 4.79 Å². The Kier molecular flexibility index (Phi) is 3.97. The van der Waals surface area contributed by atoms with Crippen LogP contribution in [-0.4, -0.2) is 5.97 Å². The summed E-state index contributed by atoms with van der Waals surface area (Å²) in [5.74, 6) is 0.424. The van der Waals surface area contributed by atoms with E-state index in [-0.39, 0.29) is 11.9 Å². The van der Waals surface area contributed by atoms with Crippen LogP contribution in [-0.2, 0) is 16.1 Å². The first kappa shape index (κ1) is 11.9. The first-order valence-electron chi connectivity index (χ1n) is 6.13. The molecule has 0 N–H and O–H groups in total. The summed E-state index contributed by atoms with van der Waals surface area (Å²) in [6.07, 6.45) is 6.04. The lowest BCUT2D eigenvalue weighted by Crippen LogP contribution is -2.20. The van der Waals surface area contributed by atoms with Gasteiger partial charge < -0.3 is 4.74 Å². The second-order valence-electron chi connectivity index (χ2n) is 4.70. The molecule has 0 heterocycles. The summed E-state index contributed by atoms with van der Waals surface area (Å²) in [7, 11) is 0. The molecule has 2 rings (SSSR count). The number of hydrogen-bond acceptors (Lipinski definition) is 2. The van der Waals surface area contributed by atoms with E-state index < -0.39 is 0 Å². The maximum absolute atomic E-state index is 11.8. The molecule has 0 spiro atoms. The van der Waals surface area contributed by atoms with E-state index in [0.717, 1.165) is 18.4 Å². The van der Waals surface area contributed by atoms with E-state index in [4.69, 9.17) is 4.74 Å². The lowest BCUT2D eigenvalue weighted by Gasteiger charge is -2.20. The molecule has 2 nitrogen and oxygen atoms in total. The number of carbonyl (C=O) groups is 1. The van der Waals surface area contributed by atoms with Crippen molar-refractivity contribution >= 4 is 5.97 Å². The van der Waals surface area contributed by atoms with Crippen molar-refractivity contribution in [1.82, 2.24) is 0 Å². The topological polar surface area (TPSA) is 26.3 Å². The molecule has 1 aliphatic carbocycles. The Hall–Kier alpha value is -1.57. The van der Waals surface area contributed by atoms with Crippen LogP contribution in [0.25, 0.3) is 0 Å². The minimum atomic E-state index is -0.100. The van der Waals surface area contributed by atoms with Gasteiger partial charge in [0, 0.05) is 0 Å². The van der Waals surface area contributed by atoms with Crippen LogP contribution >= 0.6 is 0 Å². The van der Waals surface area contributed by atoms with Gasteiger partial charge >= 0.3 is 5.97 Å². The third-order valence-electron chi connectivity index (χ3n) is 3.09. The predicted octanol–water partition coefficient (Wildman–Crippen LogP) is 3.33. The van der Waals surface area contributed by atoms with Gasteiger partial charge in [-0.05, 0) is 24.3 Å². The van der Waals surface area contributed by atoms with Crippen LogP contribution in [0.2, 0.25) is 0 Å². The van der Waals surface area contributed by atoms with Crippen LogP contribution in [0.4, 0.5) is 0 Å². The van der Waals surface area contributed by atoms with Gasteiger partial charge in [0.2, 0.25) is 0 Å². The fourth-order valence-corrected chi connectivity index (χ4v) is 2.09. The molecular formula is C15H18O2. The minimum absolute atomic E-state index is 0.0533. The fourth-order valence-electron chi connectivity index (χ4n) is 2.09. The Morgan fingerprint density at radius 2 is 2.12 bits per heavy atom. The zero-order valence-electron chi connectivity index (χ0n) is 10.1. The number of allylic oxidation sites excluding steroid dienone is 1.